The van der Waals surface area contributed by atoms with Gasteiger partial charge >= 0.3 is 0 Å². The molecule has 1 aliphatic rings. The number of hydrogen-bond acceptors (Lipinski definition) is 3. The van der Waals surface area contributed by atoms with Crippen molar-refractivity contribution >= 4 is 5.91 Å². The first kappa shape index (κ1) is 14.0. The highest BCUT2D eigenvalue weighted by Crippen LogP contribution is 2.18. The van der Waals surface area contributed by atoms with Crippen LogP contribution in [-0.4, -0.2) is 42.0 Å². The second-order valence-corrected chi connectivity index (χ2v) is 5.21. The third-order valence-electron chi connectivity index (χ3n) is 3.69. The number of carbonyl (C=O) groups excluding carboxylic acids is 1. The van der Waals surface area contributed by atoms with Crippen LogP contribution in [0.3, 0.4) is 0 Å². The van der Waals surface area contributed by atoms with Crippen molar-refractivity contribution in [1.82, 2.24) is 15.2 Å². The molecule has 0 aromatic carbocycles. The first-order valence-corrected chi connectivity index (χ1v) is 7.14. The van der Waals surface area contributed by atoms with Crippen LogP contribution < -0.4 is 5.32 Å². The Hall–Kier alpha value is -1.42. The lowest BCUT2D eigenvalue weighted by Gasteiger charge is -2.32. The van der Waals surface area contributed by atoms with Gasteiger partial charge in [0.05, 0.1) is 0 Å². The molecule has 4 nitrogen and oxygen atoms in total. The minimum Gasteiger partial charge on any atom is -0.337 e. The zero-order valence-electron chi connectivity index (χ0n) is 11.9. The van der Waals surface area contributed by atoms with E-state index in [4.69, 9.17) is 0 Å². The number of amides is 1. The van der Waals surface area contributed by atoms with Gasteiger partial charge in [0.2, 0.25) is 0 Å². The number of likely N-dealkylation sites (tertiary alicyclic amines) is 1. The molecule has 104 valence electrons. The lowest BCUT2D eigenvalue weighted by molar-refractivity contribution is 0.0684. The highest BCUT2D eigenvalue weighted by Gasteiger charge is 2.23. The van der Waals surface area contributed by atoms with Gasteiger partial charge in [-0.1, -0.05) is 13.0 Å². The number of nitrogens with one attached hydrogen (secondary N) is 1. The highest BCUT2D eigenvalue weighted by molar-refractivity contribution is 5.92. The molecule has 1 amide bonds. The fourth-order valence-electron chi connectivity index (χ4n) is 2.51. The number of piperidine rings is 1. The maximum Gasteiger partial charge on any atom is 0.272 e. The number of aryl methyl sites for hydroxylation is 1. The van der Waals surface area contributed by atoms with Crippen LogP contribution in [0.1, 0.15) is 35.9 Å². The molecule has 1 aromatic rings. The van der Waals surface area contributed by atoms with Crippen molar-refractivity contribution in [3.05, 3.63) is 29.6 Å². The summed E-state index contributed by atoms with van der Waals surface area (Å²) in [6.07, 6.45) is 2.18. The molecule has 0 radical (unpaired) electrons. The summed E-state index contributed by atoms with van der Waals surface area (Å²) < 4.78 is 0. The van der Waals surface area contributed by atoms with Crippen LogP contribution in [0, 0.1) is 12.8 Å². The Morgan fingerprint density at radius 3 is 2.79 bits per heavy atom. The molecular formula is C15H23N3O. The first-order valence-electron chi connectivity index (χ1n) is 7.14. The Bertz CT molecular complexity index is 425. The van der Waals surface area contributed by atoms with E-state index in [0.29, 0.717) is 11.6 Å². The molecule has 0 bridgehead atoms. The van der Waals surface area contributed by atoms with Gasteiger partial charge in [-0.25, -0.2) is 4.98 Å². The number of aromatic nitrogens is 1. The highest BCUT2D eigenvalue weighted by atomic mass is 16.2. The van der Waals surface area contributed by atoms with E-state index in [2.05, 4.69) is 17.2 Å². The second kappa shape index (κ2) is 6.66. The molecule has 1 fully saturated rings. The Morgan fingerprint density at radius 1 is 1.42 bits per heavy atom. The van der Waals surface area contributed by atoms with Crippen LogP contribution in [0.2, 0.25) is 0 Å². The number of nitrogens with zero attached hydrogens (tertiary/aromatic N) is 2. The summed E-state index contributed by atoms with van der Waals surface area (Å²) in [7, 11) is 0. The summed E-state index contributed by atoms with van der Waals surface area (Å²) in [5.74, 6) is 0.778. The van der Waals surface area contributed by atoms with Crippen LogP contribution in [-0.2, 0) is 0 Å². The van der Waals surface area contributed by atoms with Gasteiger partial charge in [-0.15, -0.1) is 0 Å². The zero-order valence-corrected chi connectivity index (χ0v) is 11.9. The van der Waals surface area contributed by atoms with Crippen molar-refractivity contribution in [1.29, 1.82) is 0 Å². The average molecular weight is 261 g/mol. The summed E-state index contributed by atoms with van der Waals surface area (Å²) in [6.45, 7) is 7.84. The van der Waals surface area contributed by atoms with E-state index in [9.17, 15) is 4.79 Å². The normalized spacial score (nSPS) is 16.6. The van der Waals surface area contributed by atoms with Crippen molar-refractivity contribution in [2.24, 2.45) is 5.92 Å². The number of carbonyl (C=O) groups is 1. The van der Waals surface area contributed by atoms with Crippen LogP contribution in [0.25, 0.3) is 0 Å². The number of hydrogen-bond donors (Lipinski definition) is 1. The predicted octanol–water partition coefficient (Wildman–Crippen LogP) is 1.85. The van der Waals surface area contributed by atoms with Gasteiger partial charge in [0.25, 0.3) is 5.91 Å². The summed E-state index contributed by atoms with van der Waals surface area (Å²) in [6, 6.07) is 5.62. The maximum atomic E-state index is 12.3. The molecule has 4 heteroatoms. The molecule has 1 aromatic heterocycles. The van der Waals surface area contributed by atoms with Crippen LogP contribution in [0.5, 0.6) is 0 Å². The summed E-state index contributed by atoms with van der Waals surface area (Å²) >= 11 is 0. The molecule has 0 unspecified atom stereocenters. The van der Waals surface area contributed by atoms with Gasteiger partial charge in [0, 0.05) is 18.8 Å². The van der Waals surface area contributed by atoms with E-state index < -0.39 is 0 Å². The van der Waals surface area contributed by atoms with Crippen molar-refractivity contribution in [2.75, 3.05) is 26.2 Å². The van der Waals surface area contributed by atoms with E-state index in [-0.39, 0.29) is 5.91 Å². The zero-order chi connectivity index (χ0) is 13.7. The Balaban J connectivity index is 1.89. The van der Waals surface area contributed by atoms with Gasteiger partial charge < -0.3 is 10.2 Å². The summed E-state index contributed by atoms with van der Waals surface area (Å²) in [5.41, 5.74) is 1.47. The molecule has 0 saturated carbocycles. The van der Waals surface area contributed by atoms with Gasteiger partial charge in [0.15, 0.2) is 0 Å². The second-order valence-electron chi connectivity index (χ2n) is 5.21. The molecule has 19 heavy (non-hydrogen) atoms. The van der Waals surface area contributed by atoms with E-state index in [1.54, 1.807) is 6.07 Å². The van der Waals surface area contributed by atoms with Crippen molar-refractivity contribution in [3.8, 4) is 0 Å². The first-order chi connectivity index (χ1) is 9.20. The Morgan fingerprint density at radius 2 is 2.16 bits per heavy atom. The molecule has 2 rings (SSSR count). The van der Waals surface area contributed by atoms with Crippen molar-refractivity contribution in [3.63, 3.8) is 0 Å². The standard InChI is InChI=1S/C15H23N3O/c1-3-16-11-13-7-9-18(10-8-13)15(19)14-6-4-5-12(2)17-14/h4-6,13,16H,3,7-11H2,1-2H3. The molecule has 1 N–H and O–H groups in total. The third-order valence-corrected chi connectivity index (χ3v) is 3.69. The van der Waals surface area contributed by atoms with Crippen molar-refractivity contribution in [2.45, 2.75) is 26.7 Å². The summed E-state index contributed by atoms with van der Waals surface area (Å²) in [4.78, 5) is 18.6. The SMILES string of the molecule is CCNCC1CCN(C(=O)c2cccc(C)n2)CC1. The van der Waals surface area contributed by atoms with Crippen LogP contribution >= 0.6 is 0 Å². The Kier molecular flexibility index (Phi) is 4.91. The van der Waals surface area contributed by atoms with Gasteiger partial charge in [-0.05, 0) is 50.9 Å². The van der Waals surface area contributed by atoms with Crippen LogP contribution in [0.15, 0.2) is 18.2 Å². The molecule has 1 saturated heterocycles. The molecular weight excluding hydrogens is 238 g/mol. The predicted molar refractivity (Wildman–Crippen MR) is 76.1 cm³/mol. The van der Waals surface area contributed by atoms with E-state index in [1.807, 2.05) is 24.0 Å². The van der Waals surface area contributed by atoms with Gasteiger partial charge in [-0.3, -0.25) is 4.79 Å². The molecule has 0 aliphatic carbocycles. The maximum absolute atomic E-state index is 12.3. The fourth-order valence-corrected chi connectivity index (χ4v) is 2.51. The fraction of sp³-hybridized carbons (Fsp3) is 0.600. The van der Waals surface area contributed by atoms with Gasteiger partial charge in [0.1, 0.15) is 5.69 Å². The topological polar surface area (TPSA) is 45.2 Å². The lowest BCUT2D eigenvalue weighted by atomic mass is 9.96. The monoisotopic (exact) mass is 261 g/mol. The van der Waals surface area contributed by atoms with Crippen molar-refractivity contribution < 1.29 is 4.79 Å². The van der Waals surface area contributed by atoms with Gasteiger partial charge in [-0.2, -0.15) is 0 Å². The quantitative estimate of drug-likeness (QED) is 0.899. The molecule has 0 atom stereocenters. The molecule has 1 aliphatic heterocycles. The molecule has 0 spiro atoms. The van der Waals surface area contributed by atoms with Crippen LogP contribution in [0.4, 0.5) is 0 Å². The number of rotatable bonds is 4. The average Bonchev–Trinajstić information content (AvgIpc) is 2.45. The van der Waals surface area contributed by atoms with E-state index in [1.165, 1.54) is 0 Å². The van der Waals surface area contributed by atoms with E-state index >= 15 is 0 Å². The largest absolute Gasteiger partial charge is 0.337 e. The molecule has 2 heterocycles. The summed E-state index contributed by atoms with van der Waals surface area (Å²) in [5, 5.41) is 3.39. The minimum atomic E-state index is 0.0746. The lowest BCUT2D eigenvalue weighted by Crippen LogP contribution is -2.41. The Labute approximate surface area is 115 Å². The minimum absolute atomic E-state index is 0.0746. The van der Waals surface area contributed by atoms with E-state index in [0.717, 1.165) is 44.7 Å². The third kappa shape index (κ3) is 3.77. The number of pyridine rings is 1. The smallest absolute Gasteiger partial charge is 0.272 e.